The number of amides is 1. The third kappa shape index (κ3) is 3.60. The number of likely N-dealkylation sites (tertiary alicyclic amines) is 1. The topological polar surface area (TPSA) is 75.5 Å². The summed E-state index contributed by atoms with van der Waals surface area (Å²) in [6.07, 6.45) is 2.45. The molecule has 2 rings (SSSR count). The Hall–Kier alpha value is -1.82. The van der Waals surface area contributed by atoms with Crippen LogP contribution in [-0.4, -0.2) is 35.4 Å². The van der Waals surface area contributed by atoms with Gasteiger partial charge in [-0.15, -0.1) is 0 Å². The number of nitro benzene ring substituents is 1. The predicted molar refractivity (Wildman–Crippen MR) is 77.0 cm³/mol. The van der Waals surface area contributed by atoms with Crippen molar-refractivity contribution in [3.63, 3.8) is 0 Å². The van der Waals surface area contributed by atoms with Crippen molar-refractivity contribution in [3.05, 3.63) is 33.3 Å². The maximum absolute atomic E-state index is 11.8. The molecule has 108 valence electrons. The number of halogens is 1. The van der Waals surface area contributed by atoms with Gasteiger partial charge in [0, 0.05) is 37.1 Å². The van der Waals surface area contributed by atoms with Gasteiger partial charge in [-0.25, -0.2) is 0 Å². The van der Waals surface area contributed by atoms with E-state index in [1.165, 1.54) is 6.07 Å². The maximum atomic E-state index is 11.8. The van der Waals surface area contributed by atoms with Crippen LogP contribution in [0.3, 0.4) is 0 Å². The number of hydrogen-bond donors (Lipinski definition) is 1. The minimum Gasteiger partial charge on any atom is -0.379 e. The molecule has 1 N–H and O–H groups in total. The Balaban J connectivity index is 1.90. The van der Waals surface area contributed by atoms with E-state index in [0.29, 0.717) is 23.7 Å². The van der Waals surface area contributed by atoms with Gasteiger partial charge in [0.1, 0.15) is 5.69 Å². The van der Waals surface area contributed by atoms with Crippen molar-refractivity contribution in [2.24, 2.45) is 0 Å². The molecule has 1 saturated heterocycles. The number of carbonyl (C=O) groups is 1. The van der Waals surface area contributed by atoms with Gasteiger partial charge in [-0.05, 0) is 25.0 Å². The number of rotatable bonds is 5. The van der Waals surface area contributed by atoms with E-state index in [2.05, 4.69) is 5.32 Å². The summed E-state index contributed by atoms with van der Waals surface area (Å²) in [5, 5.41) is 14.2. The largest absolute Gasteiger partial charge is 0.379 e. The summed E-state index contributed by atoms with van der Waals surface area (Å²) in [4.78, 5) is 24.1. The summed E-state index contributed by atoms with van der Waals surface area (Å²) in [5.41, 5.74) is 0.305. The quantitative estimate of drug-likeness (QED) is 0.669. The Bertz CT molecular complexity index is 516. The van der Waals surface area contributed by atoms with Gasteiger partial charge in [-0.2, -0.15) is 0 Å². The Kier molecular flexibility index (Phi) is 4.79. The van der Waals surface area contributed by atoms with Crippen LogP contribution < -0.4 is 5.32 Å². The molecular weight excluding hydrogens is 282 g/mol. The second-order valence-corrected chi connectivity index (χ2v) is 5.12. The van der Waals surface area contributed by atoms with Crippen LogP contribution in [0.2, 0.25) is 5.02 Å². The number of nitrogens with one attached hydrogen (secondary N) is 1. The molecule has 0 bridgehead atoms. The summed E-state index contributed by atoms with van der Waals surface area (Å²) in [5.74, 6) is 0.0895. The van der Waals surface area contributed by atoms with Gasteiger partial charge >= 0.3 is 0 Å². The molecule has 7 heteroatoms. The van der Waals surface area contributed by atoms with Gasteiger partial charge < -0.3 is 10.2 Å². The zero-order chi connectivity index (χ0) is 14.5. The summed E-state index contributed by atoms with van der Waals surface area (Å²) < 4.78 is 0. The molecule has 20 heavy (non-hydrogen) atoms. The van der Waals surface area contributed by atoms with E-state index in [1.807, 2.05) is 4.90 Å². The molecule has 0 spiro atoms. The molecule has 1 amide bonds. The van der Waals surface area contributed by atoms with E-state index in [9.17, 15) is 14.9 Å². The Labute approximate surface area is 121 Å². The van der Waals surface area contributed by atoms with Crippen LogP contribution in [0.25, 0.3) is 0 Å². The number of carbonyl (C=O) groups excluding carboxylic acids is 1. The molecule has 1 heterocycles. The highest BCUT2D eigenvalue weighted by Gasteiger charge is 2.18. The molecule has 0 aromatic heterocycles. The van der Waals surface area contributed by atoms with E-state index < -0.39 is 4.92 Å². The van der Waals surface area contributed by atoms with E-state index in [0.717, 1.165) is 25.9 Å². The zero-order valence-electron chi connectivity index (χ0n) is 11.0. The molecule has 0 aliphatic carbocycles. The standard InChI is InChI=1S/C13H16ClN3O3/c14-10-3-4-11(12(9-10)17(19)20)15-6-5-13(18)16-7-1-2-8-16/h3-4,9,15H,1-2,5-8H2. The van der Waals surface area contributed by atoms with Crippen molar-refractivity contribution >= 4 is 28.9 Å². The lowest BCUT2D eigenvalue weighted by molar-refractivity contribution is -0.383. The van der Waals surface area contributed by atoms with Gasteiger partial charge in [0.2, 0.25) is 5.91 Å². The molecule has 1 aromatic rings. The minimum absolute atomic E-state index is 0.0777. The van der Waals surface area contributed by atoms with Crippen molar-refractivity contribution in [1.82, 2.24) is 4.90 Å². The first kappa shape index (κ1) is 14.6. The normalized spacial score (nSPS) is 14.3. The first-order chi connectivity index (χ1) is 9.58. The number of nitro groups is 1. The van der Waals surface area contributed by atoms with Crippen molar-refractivity contribution in [2.75, 3.05) is 25.0 Å². The first-order valence-corrected chi connectivity index (χ1v) is 6.91. The van der Waals surface area contributed by atoms with Gasteiger partial charge in [-0.1, -0.05) is 11.6 Å². The fourth-order valence-corrected chi connectivity index (χ4v) is 2.40. The smallest absolute Gasteiger partial charge is 0.293 e. The van der Waals surface area contributed by atoms with Gasteiger partial charge in [0.25, 0.3) is 5.69 Å². The van der Waals surface area contributed by atoms with Crippen LogP contribution in [0.5, 0.6) is 0 Å². The fraction of sp³-hybridized carbons (Fsp3) is 0.462. The number of nitrogens with zero attached hydrogens (tertiary/aromatic N) is 2. The lowest BCUT2D eigenvalue weighted by Gasteiger charge is -2.15. The second kappa shape index (κ2) is 6.56. The van der Waals surface area contributed by atoms with Crippen molar-refractivity contribution in [3.8, 4) is 0 Å². The van der Waals surface area contributed by atoms with E-state index in [1.54, 1.807) is 12.1 Å². The Morgan fingerprint density at radius 2 is 2.10 bits per heavy atom. The molecule has 1 fully saturated rings. The molecule has 0 unspecified atom stereocenters. The van der Waals surface area contributed by atoms with Crippen LogP contribution in [0.1, 0.15) is 19.3 Å². The Morgan fingerprint density at radius 3 is 2.75 bits per heavy atom. The van der Waals surface area contributed by atoms with Gasteiger partial charge in [-0.3, -0.25) is 14.9 Å². The van der Waals surface area contributed by atoms with E-state index in [4.69, 9.17) is 11.6 Å². The van der Waals surface area contributed by atoms with Gasteiger partial charge in [0.05, 0.1) is 4.92 Å². The van der Waals surface area contributed by atoms with Crippen LogP contribution in [-0.2, 0) is 4.79 Å². The third-order valence-corrected chi connectivity index (χ3v) is 3.50. The fourth-order valence-electron chi connectivity index (χ4n) is 2.23. The van der Waals surface area contributed by atoms with E-state index >= 15 is 0 Å². The number of benzene rings is 1. The average Bonchev–Trinajstić information content (AvgIpc) is 2.94. The SMILES string of the molecule is O=C(CCNc1ccc(Cl)cc1[N+](=O)[O-])N1CCCC1. The molecule has 1 aliphatic rings. The van der Waals surface area contributed by atoms with Crippen LogP contribution in [0.4, 0.5) is 11.4 Å². The molecule has 1 aromatic carbocycles. The lowest BCUT2D eigenvalue weighted by Crippen LogP contribution is -2.29. The zero-order valence-corrected chi connectivity index (χ0v) is 11.7. The molecule has 1 aliphatic heterocycles. The highest BCUT2D eigenvalue weighted by atomic mass is 35.5. The summed E-state index contributed by atoms with van der Waals surface area (Å²) in [6.45, 7) is 2.01. The Morgan fingerprint density at radius 1 is 1.40 bits per heavy atom. The maximum Gasteiger partial charge on any atom is 0.293 e. The summed E-state index contributed by atoms with van der Waals surface area (Å²) in [6, 6.07) is 4.44. The number of anilines is 1. The molecule has 0 saturated carbocycles. The minimum atomic E-state index is -0.490. The first-order valence-electron chi connectivity index (χ1n) is 6.53. The molecular formula is C13H16ClN3O3. The van der Waals surface area contributed by atoms with Crippen LogP contribution in [0, 0.1) is 10.1 Å². The average molecular weight is 298 g/mol. The third-order valence-electron chi connectivity index (χ3n) is 3.27. The monoisotopic (exact) mass is 297 g/mol. The van der Waals surface area contributed by atoms with Crippen molar-refractivity contribution in [1.29, 1.82) is 0 Å². The van der Waals surface area contributed by atoms with Crippen molar-refractivity contribution < 1.29 is 9.72 Å². The number of hydrogen-bond acceptors (Lipinski definition) is 4. The summed E-state index contributed by atoms with van der Waals surface area (Å²) in [7, 11) is 0. The van der Waals surface area contributed by atoms with Crippen LogP contribution >= 0.6 is 11.6 Å². The van der Waals surface area contributed by atoms with Crippen molar-refractivity contribution in [2.45, 2.75) is 19.3 Å². The molecule has 6 nitrogen and oxygen atoms in total. The highest BCUT2D eigenvalue weighted by molar-refractivity contribution is 6.30. The van der Waals surface area contributed by atoms with Crippen LogP contribution in [0.15, 0.2) is 18.2 Å². The second-order valence-electron chi connectivity index (χ2n) is 4.68. The molecule has 0 radical (unpaired) electrons. The van der Waals surface area contributed by atoms with Gasteiger partial charge in [0.15, 0.2) is 0 Å². The lowest BCUT2D eigenvalue weighted by atomic mass is 10.2. The summed E-state index contributed by atoms with van der Waals surface area (Å²) >= 11 is 5.74. The van der Waals surface area contributed by atoms with E-state index in [-0.39, 0.29) is 11.6 Å². The molecule has 0 atom stereocenters. The highest BCUT2D eigenvalue weighted by Crippen LogP contribution is 2.27. The predicted octanol–water partition coefficient (Wildman–Crippen LogP) is 2.67.